The van der Waals surface area contributed by atoms with Crippen molar-refractivity contribution in [3.8, 4) is 0 Å². The van der Waals surface area contributed by atoms with Gasteiger partial charge in [0.15, 0.2) is 17.0 Å². The summed E-state index contributed by atoms with van der Waals surface area (Å²) in [4.78, 5) is 25.0. The molecule has 0 aliphatic heterocycles. The Morgan fingerprint density at radius 1 is 1.22 bits per heavy atom. The van der Waals surface area contributed by atoms with E-state index < -0.39 is 16.1 Å². The van der Waals surface area contributed by atoms with Crippen LogP contribution < -0.4 is 10.6 Å². The third-order valence-electron chi connectivity index (χ3n) is 6.18. The smallest absolute Gasteiger partial charge is 0.407 e. The van der Waals surface area contributed by atoms with Gasteiger partial charge in [-0.3, -0.25) is 0 Å². The first-order chi connectivity index (χ1) is 17.9. The second-order valence-electron chi connectivity index (χ2n) is 8.93. The normalized spacial score (nSPS) is 13.8. The molecule has 2 N–H and O–H groups in total. The van der Waals surface area contributed by atoms with Crippen LogP contribution in [0.3, 0.4) is 0 Å². The molecule has 1 aliphatic carbocycles. The molecule has 3 aromatic heterocycles. The first kappa shape index (κ1) is 25.3. The summed E-state index contributed by atoms with van der Waals surface area (Å²) in [5.74, 6) is 0.608. The SMILES string of the molecule is CCNc1nc(Cl)nc2c1ncn2CCCCOC(=O)NCc1ccc2c(ccn2S(=O)(=O)C2CC2)c1. The number of unbranched alkanes of at least 4 members (excludes halogenated alkanes) is 1. The molecule has 196 valence electrons. The number of ether oxygens (including phenoxy) is 1. The van der Waals surface area contributed by atoms with Gasteiger partial charge in [0.2, 0.25) is 15.3 Å². The number of carbonyl (C=O) groups excluding carboxylic acids is 1. The Morgan fingerprint density at radius 3 is 2.84 bits per heavy atom. The van der Waals surface area contributed by atoms with E-state index in [-0.39, 0.29) is 23.7 Å². The fourth-order valence-corrected chi connectivity index (χ4v) is 6.06. The number of hydrogen-bond acceptors (Lipinski definition) is 8. The molecule has 0 unspecified atom stereocenters. The zero-order valence-electron chi connectivity index (χ0n) is 20.4. The number of anilines is 1. The zero-order valence-corrected chi connectivity index (χ0v) is 21.9. The fourth-order valence-electron chi connectivity index (χ4n) is 4.17. The maximum Gasteiger partial charge on any atom is 0.407 e. The molecule has 0 saturated heterocycles. The molecule has 0 radical (unpaired) electrons. The molecule has 1 amide bonds. The first-order valence-corrected chi connectivity index (χ1v) is 14.1. The monoisotopic (exact) mass is 545 g/mol. The summed E-state index contributed by atoms with van der Waals surface area (Å²) in [5.41, 5.74) is 2.83. The number of aromatic nitrogens is 5. The maximum absolute atomic E-state index is 12.6. The van der Waals surface area contributed by atoms with Crippen molar-refractivity contribution in [3.63, 3.8) is 0 Å². The van der Waals surface area contributed by atoms with Crippen LogP contribution in [-0.4, -0.2) is 56.4 Å². The van der Waals surface area contributed by atoms with Crippen LogP contribution in [-0.2, 0) is 27.8 Å². The number of fused-ring (bicyclic) bond motifs is 2. The van der Waals surface area contributed by atoms with Crippen molar-refractivity contribution in [1.82, 2.24) is 28.8 Å². The van der Waals surface area contributed by atoms with Crippen LogP contribution in [0, 0.1) is 0 Å². The van der Waals surface area contributed by atoms with E-state index in [1.807, 2.05) is 23.6 Å². The average Bonchev–Trinajstić information content (AvgIpc) is 3.54. The van der Waals surface area contributed by atoms with E-state index in [1.54, 1.807) is 24.7 Å². The number of benzene rings is 1. The molecular formula is C24H28ClN7O4S. The Morgan fingerprint density at radius 2 is 2.05 bits per heavy atom. The lowest BCUT2D eigenvalue weighted by molar-refractivity contribution is 0.143. The van der Waals surface area contributed by atoms with Crippen LogP contribution in [0.1, 0.15) is 38.2 Å². The molecule has 1 aliphatic rings. The third kappa shape index (κ3) is 5.49. The quantitative estimate of drug-likeness (QED) is 0.214. The molecular weight excluding hydrogens is 518 g/mol. The summed E-state index contributed by atoms with van der Waals surface area (Å²) < 4.78 is 33.7. The number of rotatable bonds is 11. The van der Waals surface area contributed by atoms with Gasteiger partial charge < -0.3 is 19.9 Å². The molecule has 0 bridgehead atoms. The topological polar surface area (TPSA) is 133 Å². The summed E-state index contributed by atoms with van der Waals surface area (Å²) in [6.07, 6.45) is 5.66. The van der Waals surface area contributed by atoms with Crippen molar-refractivity contribution < 1.29 is 17.9 Å². The molecule has 0 spiro atoms. The van der Waals surface area contributed by atoms with E-state index >= 15 is 0 Å². The second kappa shape index (κ2) is 10.5. The number of alkyl carbamates (subject to hydrolysis) is 1. The highest BCUT2D eigenvalue weighted by Crippen LogP contribution is 2.32. The largest absolute Gasteiger partial charge is 0.450 e. The van der Waals surface area contributed by atoms with Crippen molar-refractivity contribution in [2.45, 2.75) is 50.9 Å². The highest BCUT2D eigenvalue weighted by molar-refractivity contribution is 7.91. The molecule has 5 rings (SSSR count). The number of nitrogens with one attached hydrogen (secondary N) is 2. The number of nitrogens with zero attached hydrogens (tertiary/aromatic N) is 5. The van der Waals surface area contributed by atoms with Crippen LogP contribution in [0.4, 0.5) is 10.6 Å². The van der Waals surface area contributed by atoms with Gasteiger partial charge in [0.25, 0.3) is 0 Å². The predicted molar refractivity (Wildman–Crippen MR) is 141 cm³/mol. The van der Waals surface area contributed by atoms with Crippen molar-refractivity contribution in [2.75, 3.05) is 18.5 Å². The third-order valence-corrected chi connectivity index (χ3v) is 8.53. The van der Waals surface area contributed by atoms with Crippen molar-refractivity contribution in [2.24, 2.45) is 0 Å². The van der Waals surface area contributed by atoms with Crippen molar-refractivity contribution >= 4 is 55.6 Å². The summed E-state index contributed by atoms with van der Waals surface area (Å²) in [7, 11) is -3.33. The van der Waals surface area contributed by atoms with Gasteiger partial charge in [0.05, 0.1) is 23.7 Å². The standard InChI is InChI=1S/C24H28ClN7O4S/c1-2-26-21-20-22(30-23(25)29-21)31(15-28-20)10-3-4-12-36-24(33)27-14-16-5-8-19-17(13-16)9-11-32(19)37(34,35)18-6-7-18/h5,8-9,11,13,15,18H,2-4,6-7,10,12,14H2,1H3,(H,27,33)(H,26,29,30). The van der Waals surface area contributed by atoms with Gasteiger partial charge in [-0.15, -0.1) is 0 Å². The van der Waals surface area contributed by atoms with Gasteiger partial charge in [-0.1, -0.05) is 6.07 Å². The molecule has 13 heteroatoms. The van der Waals surface area contributed by atoms with E-state index in [1.165, 1.54) is 3.97 Å². The lowest BCUT2D eigenvalue weighted by atomic mass is 10.1. The van der Waals surface area contributed by atoms with Gasteiger partial charge in [-0.05, 0) is 68.0 Å². The van der Waals surface area contributed by atoms with E-state index in [9.17, 15) is 13.2 Å². The van der Waals surface area contributed by atoms with Crippen molar-refractivity contribution in [1.29, 1.82) is 0 Å². The van der Waals surface area contributed by atoms with Crippen LogP contribution in [0.5, 0.6) is 0 Å². The molecule has 1 saturated carbocycles. The van der Waals surface area contributed by atoms with E-state index in [4.69, 9.17) is 16.3 Å². The van der Waals surface area contributed by atoms with Crippen LogP contribution >= 0.6 is 11.6 Å². The number of amides is 1. The summed E-state index contributed by atoms with van der Waals surface area (Å²) in [6.45, 7) is 3.87. The zero-order chi connectivity index (χ0) is 26.0. The molecule has 0 atom stereocenters. The molecule has 11 nitrogen and oxygen atoms in total. The Bertz CT molecular complexity index is 1550. The molecule has 4 aromatic rings. The van der Waals surface area contributed by atoms with E-state index in [0.29, 0.717) is 54.9 Å². The number of hydrogen-bond donors (Lipinski definition) is 2. The Balaban J connectivity index is 1.07. The number of aryl methyl sites for hydroxylation is 1. The van der Waals surface area contributed by atoms with Gasteiger partial charge in [0, 0.05) is 31.2 Å². The molecule has 3 heterocycles. The van der Waals surface area contributed by atoms with Gasteiger partial charge in [-0.2, -0.15) is 9.97 Å². The average molecular weight is 546 g/mol. The highest BCUT2D eigenvalue weighted by atomic mass is 35.5. The lowest BCUT2D eigenvalue weighted by Gasteiger charge is -2.09. The van der Waals surface area contributed by atoms with Crippen molar-refractivity contribution in [3.05, 3.63) is 47.6 Å². The van der Waals surface area contributed by atoms with Gasteiger partial charge >= 0.3 is 6.09 Å². The summed E-state index contributed by atoms with van der Waals surface area (Å²) >= 11 is 6.05. The van der Waals surface area contributed by atoms with E-state index in [0.717, 1.165) is 17.4 Å². The van der Waals surface area contributed by atoms with Gasteiger partial charge in [0.1, 0.15) is 0 Å². The number of imidazole rings is 1. The van der Waals surface area contributed by atoms with Crippen LogP contribution in [0.15, 0.2) is 36.8 Å². The minimum Gasteiger partial charge on any atom is -0.450 e. The minimum atomic E-state index is -3.33. The first-order valence-electron chi connectivity index (χ1n) is 12.2. The summed E-state index contributed by atoms with van der Waals surface area (Å²) in [5, 5.41) is 6.57. The summed E-state index contributed by atoms with van der Waals surface area (Å²) in [6, 6.07) is 7.24. The van der Waals surface area contributed by atoms with Crippen LogP contribution in [0.25, 0.3) is 22.1 Å². The maximum atomic E-state index is 12.6. The number of halogens is 1. The van der Waals surface area contributed by atoms with Crippen LogP contribution in [0.2, 0.25) is 5.28 Å². The predicted octanol–water partition coefficient (Wildman–Crippen LogP) is 3.91. The molecule has 1 aromatic carbocycles. The van der Waals surface area contributed by atoms with E-state index in [2.05, 4.69) is 25.6 Å². The Hall–Kier alpha value is -3.38. The minimum absolute atomic E-state index is 0.158. The van der Waals surface area contributed by atoms with Gasteiger partial charge in [-0.25, -0.2) is 22.2 Å². The molecule has 1 fully saturated rings. The lowest BCUT2D eigenvalue weighted by Crippen LogP contribution is -2.24. The number of carbonyl (C=O) groups is 1. The molecule has 37 heavy (non-hydrogen) atoms. The second-order valence-corrected chi connectivity index (χ2v) is 11.4. The fraction of sp³-hybridized carbons (Fsp3) is 0.417. The Labute approximate surface area is 219 Å². The highest BCUT2D eigenvalue weighted by Gasteiger charge is 2.37. The Kier molecular flexibility index (Phi) is 7.20.